The van der Waals surface area contributed by atoms with E-state index in [2.05, 4.69) is 10.3 Å². The molecule has 1 aromatic heterocycles. The van der Waals surface area contributed by atoms with E-state index in [1.807, 2.05) is 24.3 Å². The Morgan fingerprint density at radius 3 is 2.73 bits per heavy atom. The SMILES string of the molecule is Nc1ccc(OCCn2nnc3cc4c(cc32)OCO4)cc1. The molecule has 2 aromatic carbocycles. The third-order valence-electron chi connectivity index (χ3n) is 3.46. The molecule has 0 atom stereocenters. The third-order valence-corrected chi connectivity index (χ3v) is 3.46. The van der Waals surface area contributed by atoms with E-state index in [4.69, 9.17) is 19.9 Å². The zero-order valence-electron chi connectivity index (χ0n) is 11.7. The van der Waals surface area contributed by atoms with Crippen LogP contribution in [0, 0.1) is 0 Å². The lowest BCUT2D eigenvalue weighted by Gasteiger charge is -2.07. The minimum atomic E-state index is 0.246. The zero-order valence-corrected chi connectivity index (χ0v) is 11.7. The molecule has 0 aliphatic carbocycles. The molecule has 2 N–H and O–H groups in total. The molecule has 7 heteroatoms. The number of benzene rings is 2. The topological polar surface area (TPSA) is 84.4 Å². The van der Waals surface area contributed by atoms with Gasteiger partial charge in [-0.3, -0.25) is 0 Å². The Morgan fingerprint density at radius 1 is 1.14 bits per heavy atom. The van der Waals surface area contributed by atoms with E-state index in [0.29, 0.717) is 24.6 Å². The van der Waals surface area contributed by atoms with Crippen molar-refractivity contribution in [3.63, 3.8) is 0 Å². The smallest absolute Gasteiger partial charge is 0.231 e. The van der Waals surface area contributed by atoms with Crippen LogP contribution >= 0.6 is 0 Å². The minimum absolute atomic E-state index is 0.246. The van der Waals surface area contributed by atoms with Crippen molar-refractivity contribution in [1.29, 1.82) is 0 Å². The number of anilines is 1. The molecule has 0 amide bonds. The Balaban J connectivity index is 1.49. The van der Waals surface area contributed by atoms with Crippen LogP contribution in [0.25, 0.3) is 11.0 Å². The van der Waals surface area contributed by atoms with Gasteiger partial charge in [0.25, 0.3) is 0 Å². The maximum Gasteiger partial charge on any atom is 0.231 e. The summed E-state index contributed by atoms with van der Waals surface area (Å²) in [7, 11) is 0. The number of ether oxygens (including phenoxy) is 3. The van der Waals surface area contributed by atoms with Crippen LogP contribution in [-0.2, 0) is 6.54 Å². The van der Waals surface area contributed by atoms with E-state index in [1.165, 1.54) is 0 Å². The highest BCUT2D eigenvalue weighted by molar-refractivity contribution is 5.79. The van der Waals surface area contributed by atoms with Gasteiger partial charge in [0.1, 0.15) is 17.9 Å². The first-order valence-corrected chi connectivity index (χ1v) is 6.91. The summed E-state index contributed by atoms with van der Waals surface area (Å²) in [5.74, 6) is 2.20. The normalized spacial score (nSPS) is 12.7. The number of rotatable bonds is 4. The molecule has 1 aliphatic heterocycles. The second-order valence-corrected chi connectivity index (χ2v) is 4.92. The van der Waals surface area contributed by atoms with Crippen molar-refractivity contribution in [3.05, 3.63) is 36.4 Å². The fourth-order valence-corrected chi connectivity index (χ4v) is 2.34. The Morgan fingerprint density at radius 2 is 1.91 bits per heavy atom. The first-order valence-electron chi connectivity index (χ1n) is 6.91. The Bertz CT molecular complexity index is 814. The lowest BCUT2D eigenvalue weighted by atomic mass is 10.2. The number of nitrogen functional groups attached to an aromatic ring is 1. The van der Waals surface area contributed by atoms with E-state index in [9.17, 15) is 0 Å². The van der Waals surface area contributed by atoms with Crippen LogP contribution in [0.4, 0.5) is 5.69 Å². The van der Waals surface area contributed by atoms with Crippen molar-refractivity contribution in [2.45, 2.75) is 6.54 Å². The summed E-state index contributed by atoms with van der Waals surface area (Å²) in [6.45, 7) is 1.31. The number of hydrogen-bond donors (Lipinski definition) is 1. The summed E-state index contributed by atoms with van der Waals surface area (Å²) in [5.41, 5.74) is 8.02. The van der Waals surface area contributed by atoms with Gasteiger partial charge >= 0.3 is 0 Å². The summed E-state index contributed by atoms with van der Waals surface area (Å²) >= 11 is 0. The van der Waals surface area contributed by atoms with E-state index in [0.717, 1.165) is 22.5 Å². The van der Waals surface area contributed by atoms with Gasteiger partial charge in [0.2, 0.25) is 6.79 Å². The van der Waals surface area contributed by atoms with Crippen molar-refractivity contribution in [1.82, 2.24) is 15.0 Å². The average Bonchev–Trinajstić information content (AvgIpc) is 3.13. The third kappa shape index (κ3) is 2.26. The van der Waals surface area contributed by atoms with E-state index in [-0.39, 0.29) is 6.79 Å². The molecule has 3 aromatic rings. The average molecular weight is 298 g/mol. The van der Waals surface area contributed by atoms with Crippen molar-refractivity contribution in [2.75, 3.05) is 19.1 Å². The second-order valence-electron chi connectivity index (χ2n) is 4.92. The molecular formula is C15H14N4O3. The molecule has 0 fully saturated rings. The molecule has 0 unspecified atom stereocenters. The molecule has 0 saturated carbocycles. The van der Waals surface area contributed by atoms with Gasteiger partial charge in [-0.2, -0.15) is 0 Å². The highest BCUT2D eigenvalue weighted by Crippen LogP contribution is 2.35. The van der Waals surface area contributed by atoms with Crippen LogP contribution in [0.2, 0.25) is 0 Å². The first kappa shape index (κ1) is 12.8. The molecule has 2 heterocycles. The quantitative estimate of drug-likeness (QED) is 0.740. The van der Waals surface area contributed by atoms with Gasteiger partial charge in [-0.25, -0.2) is 4.68 Å². The van der Waals surface area contributed by atoms with Gasteiger partial charge in [-0.05, 0) is 24.3 Å². The molecule has 0 radical (unpaired) electrons. The van der Waals surface area contributed by atoms with Crippen molar-refractivity contribution < 1.29 is 14.2 Å². The monoisotopic (exact) mass is 298 g/mol. The van der Waals surface area contributed by atoms with Gasteiger partial charge in [0.05, 0.1) is 12.1 Å². The Kier molecular flexibility index (Phi) is 2.96. The van der Waals surface area contributed by atoms with Gasteiger partial charge in [-0.1, -0.05) is 5.21 Å². The maximum atomic E-state index is 5.68. The minimum Gasteiger partial charge on any atom is -0.492 e. The zero-order chi connectivity index (χ0) is 14.9. The van der Waals surface area contributed by atoms with Crippen LogP contribution in [-0.4, -0.2) is 28.4 Å². The highest BCUT2D eigenvalue weighted by Gasteiger charge is 2.17. The molecule has 7 nitrogen and oxygen atoms in total. The Hall–Kier alpha value is -2.96. The predicted octanol–water partition coefficient (Wildman–Crippen LogP) is 1.82. The maximum absolute atomic E-state index is 5.68. The summed E-state index contributed by atoms with van der Waals surface area (Å²) < 4.78 is 18.2. The van der Waals surface area contributed by atoms with Crippen molar-refractivity contribution >= 4 is 16.7 Å². The molecule has 4 rings (SSSR count). The van der Waals surface area contributed by atoms with Crippen LogP contribution in [0.15, 0.2) is 36.4 Å². The van der Waals surface area contributed by atoms with Crippen LogP contribution in [0.1, 0.15) is 0 Å². The lowest BCUT2D eigenvalue weighted by molar-refractivity contribution is 0.174. The number of aromatic nitrogens is 3. The summed E-state index contributed by atoms with van der Waals surface area (Å²) in [4.78, 5) is 0. The molecule has 0 saturated heterocycles. The van der Waals surface area contributed by atoms with Gasteiger partial charge < -0.3 is 19.9 Å². The van der Waals surface area contributed by atoms with E-state index >= 15 is 0 Å². The Labute approximate surface area is 126 Å². The molecule has 0 bridgehead atoms. The van der Waals surface area contributed by atoms with Crippen LogP contribution in [0.3, 0.4) is 0 Å². The van der Waals surface area contributed by atoms with E-state index in [1.54, 1.807) is 16.8 Å². The number of fused-ring (bicyclic) bond motifs is 2. The predicted molar refractivity (Wildman–Crippen MR) is 80.0 cm³/mol. The fourth-order valence-electron chi connectivity index (χ4n) is 2.34. The first-order chi connectivity index (χ1) is 10.8. The summed E-state index contributed by atoms with van der Waals surface area (Å²) in [5, 5.41) is 8.28. The number of nitrogens with two attached hydrogens (primary N) is 1. The molecule has 0 spiro atoms. The number of nitrogens with zero attached hydrogens (tertiary/aromatic N) is 3. The van der Waals surface area contributed by atoms with Gasteiger partial charge in [-0.15, -0.1) is 5.10 Å². The standard InChI is InChI=1S/C15H14N4O3/c16-10-1-3-11(4-2-10)20-6-5-19-13-8-15-14(21-9-22-15)7-12(13)17-18-19/h1-4,7-8H,5-6,9,16H2. The molecule has 1 aliphatic rings. The second kappa shape index (κ2) is 5.10. The van der Waals surface area contributed by atoms with Crippen LogP contribution in [0.5, 0.6) is 17.2 Å². The summed E-state index contributed by atoms with van der Waals surface area (Å²) in [6, 6.07) is 11.0. The van der Waals surface area contributed by atoms with Crippen LogP contribution < -0.4 is 19.9 Å². The number of hydrogen-bond acceptors (Lipinski definition) is 6. The molecule has 112 valence electrons. The van der Waals surface area contributed by atoms with E-state index < -0.39 is 0 Å². The molecule has 22 heavy (non-hydrogen) atoms. The fraction of sp³-hybridized carbons (Fsp3) is 0.200. The summed E-state index contributed by atoms with van der Waals surface area (Å²) in [6.07, 6.45) is 0. The van der Waals surface area contributed by atoms with Gasteiger partial charge in [0, 0.05) is 17.8 Å². The van der Waals surface area contributed by atoms with Gasteiger partial charge in [0.15, 0.2) is 11.5 Å². The van der Waals surface area contributed by atoms with Crippen molar-refractivity contribution in [3.8, 4) is 17.2 Å². The largest absolute Gasteiger partial charge is 0.492 e. The van der Waals surface area contributed by atoms with Crippen molar-refractivity contribution in [2.24, 2.45) is 0 Å². The lowest BCUT2D eigenvalue weighted by Crippen LogP contribution is -2.09. The molecular weight excluding hydrogens is 284 g/mol. The highest BCUT2D eigenvalue weighted by atomic mass is 16.7.